The molecule has 2 rings (SSSR count). The van der Waals surface area contributed by atoms with Gasteiger partial charge in [0.1, 0.15) is 0 Å². The summed E-state index contributed by atoms with van der Waals surface area (Å²) in [5, 5.41) is 3.59. The maximum atomic E-state index is 5.43. The van der Waals surface area contributed by atoms with Crippen LogP contribution in [0.3, 0.4) is 0 Å². The number of benzene rings is 1. The first-order valence-electron chi connectivity index (χ1n) is 7.16. The van der Waals surface area contributed by atoms with Crippen molar-refractivity contribution in [2.45, 2.75) is 44.6 Å². The van der Waals surface area contributed by atoms with Gasteiger partial charge in [0.05, 0.1) is 6.04 Å². The van der Waals surface area contributed by atoms with E-state index in [0.717, 1.165) is 18.9 Å². The molecule has 106 valence electrons. The van der Waals surface area contributed by atoms with E-state index >= 15 is 0 Å². The fourth-order valence-corrected chi connectivity index (χ4v) is 2.65. The summed E-state index contributed by atoms with van der Waals surface area (Å²) in [6.45, 7) is 0.863. The van der Waals surface area contributed by atoms with E-state index in [0.29, 0.717) is 0 Å². The SMILES string of the molecule is COC(OC)C(CC1CCC1)NCc1ccccc1. The van der Waals surface area contributed by atoms with Gasteiger partial charge in [0.2, 0.25) is 0 Å². The van der Waals surface area contributed by atoms with Crippen LogP contribution in [-0.2, 0) is 16.0 Å². The molecule has 0 saturated heterocycles. The predicted octanol–water partition coefficient (Wildman–Crippen LogP) is 2.95. The first-order valence-corrected chi connectivity index (χ1v) is 7.16. The van der Waals surface area contributed by atoms with Crippen LogP contribution in [0.4, 0.5) is 0 Å². The van der Waals surface area contributed by atoms with E-state index < -0.39 is 0 Å². The molecule has 3 heteroatoms. The Bertz CT molecular complexity index is 347. The maximum absolute atomic E-state index is 5.43. The third kappa shape index (κ3) is 4.30. The van der Waals surface area contributed by atoms with Gasteiger partial charge in [-0.15, -0.1) is 0 Å². The molecule has 0 amide bonds. The van der Waals surface area contributed by atoms with Crippen LogP contribution in [-0.4, -0.2) is 26.6 Å². The topological polar surface area (TPSA) is 30.5 Å². The van der Waals surface area contributed by atoms with Crippen molar-refractivity contribution in [2.24, 2.45) is 5.92 Å². The first kappa shape index (κ1) is 14.5. The minimum absolute atomic E-state index is 0.163. The van der Waals surface area contributed by atoms with Gasteiger partial charge in [-0.1, -0.05) is 49.6 Å². The van der Waals surface area contributed by atoms with Gasteiger partial charge in [-0.05, 0) is 17.9 Å². The van der Waals surface area contributed by atoms with Gasteiger partial charge in [0.15, 0.2) is 6.29 Å². The van der Waals surface area contributed by atoms with Crippen molar-refractivity contribution in [3.8, 4) is 0 Å². The van der Waals surface area contributed by atoms with Crippen LogP contribution in [0.2, 0.25) is 0 Å². The fourth-order valence-electron chi connectivity index (χ4n) is 2.65. The molecular formula is C16H25NO2. The molecule has 0 aromatic heterocycles. The number of nitrogens with one attached hydrogen (secondary N) is 1. The Kier molecular flexibility index (Phi) is 5.83. The number of rotatable bonds is 8. The third-order valence-electron chi connectivity index (χ3n) is 4.02. The average molecular weight is 263 g/mol. The van der Waals surface area contributed by atoms with E-state index in [2.05, 4.69) is 29.6 Å². The molecule has 1 aromatic carbocycles. The van der Waals surface area contributed by atoms with Crippen LogP contribution in [0.25, 0.3) is 0 Å². The molecular weight excluding hydrogens is 238 g/mol. The molecule has 0 spiro atoms. The molecule has 0 radical (unpaired) electrons. The fraction of sp³-hybridized carbons (Fsp3) is 0.625. The first-order chi connectivity index (χ1) is 9.33. The molecule has 1 aliphatic rings. The van der Waals surface area contributed by atoms with E-state index in [4.69, 9.17) is 9.47 Å². The summed E-state index contributed by atoms with van der Waals surface area (Å²) in [4.78, 5) is 0. The van der Waals surface area contributed by atoms with Crippen LogP contribution in [0.15, 0.2) is 30.3 Å². The van der Waals surface area contributed by atoms with Gasteiger partial charge in [0.25, 0.3) is 0 Å². The summed E-state index contributed by atoms with van der Waals surface area (Å²) in [5.41, 5.74) is 1.30. The van der Waals surface area contributed by atoms with E-state index in [1.165, 1.54) is 24.8 Å². The highest BCUT2D eigenvalue weighted by atomic mass is 16.7. The number of hydrogen-bond acceptors (Lipinski definition) is 3. The Morgan fingerprint density at radius 3 is 2.37 bits per heavy atom. The highest BCUT2D eigenvalue weighted by Gasteiger charge is 2.27. The van der Waals surface area contributed by atoms with E-state index in [9.17, 15) is 0 Å². The van der Waals surface area contributed by atoms with Gasteiger partial charge in [-0.2, -0.15) is 0 Å². The second-order valence-corrected chi connectivity index (χ2v) is 5.35. The van der Waals surface area contributed by atoms with E-state index in [1.807, 2.05) is 6.07 Å². The Balaban J connectivity index is 1.88. The quantitative estimate of drug-likeness (QED) is 0.731. The Labute approximate surface area is 116 Å². The van der Waals surface area contributed by atoms with Crippen molar-refractivity contribution in [3.63, 3.8) is 0 Å². The normalized spacial score (nSPS) is 17.4. The molecule has 0 aliphatic heterocycles. The molecule has 1 aromatic rings. The highest BCUT2D eigenvalue weighted by Crippen LogP contribution is 2.31. The van der Waals surface area contributed by atoms with Crippen molar-refractivity contribution in [1.82, 2.24) is 5.32 Å². The van der Waals surface area contributed by atoms with Crippen molar-refractivity contribution < 1.29 is 9.47 Å². The van der Waals surface area contributed by atoms with Crippen LogP contribution < -0.4 is 5.32 Å². The van der Waals surface area contributed by atoms with Crippen LogP contribution in [0.5, 0.6) is 0 Å². The Morgan fingerprint density at radius 2 is 1.84 bits per heavy atom. The second kappa shape index (κ2) is 7.63. The summed E-state index contributed by atoms with van der Waals surface area (Å²) in [6.07, 6.45) is 5.05. The number of hydrogen-bond donors (Lipinski definition) is 1. The van der Waals surface area contributed by atoms with Crippen molar-refractivity contribution >= 4 is 0 Å². The smallest absolute Gasteiger partial charge is 0.172 e. The lowest BCUT2D eigenvalue weighted by molar-refractivity contribution is -0.128. The summed E-state index contributed by atoms with van der Waals surface area (Å²) in [5.74, 6) is 0.834. The number of methoxy groups -OCH3 is 2. The molecule has 19 heavy (non-hydrogen) atoms. The summed E-state index contributed by atoms with van der Waals surface area (Å²) < 4.78 is 10.9. The van der Waals surface area contributed by atoms with Gasteiger partial charge < -0.3 is 14.8 Å². The molecule has 1 atom stereocenters. The molecule has 0 bridgehead atoms. The lowest BCUT2D eigenvalue weighted by Crippen LogP contribution is -2.43. The monoisotopic (exact) mass is 263 g/mol. The standard InChI is InChI=1S/C16H25NO2/c1-18-16(19-2)15(11-13-9-6-10-13)17-12-14-7-4-3-5-8-14/h3-5,7-8,13,15-17H,6,9-12H2,1-2H3. The molecule has 3 nitrogen and oxygen atoms in total. The van der Waals surface area contributed by atoms with Gasteiger partial charge in [0, 0.05) is 20.8 Å². The van der Waals surface area contributed by atoms with Gasteiger partial charge in [-0.25, -0.2) is 0 Å². The predicted molar refractivity (Wildman–Crippen MR) is 76.8 cm³/mol. The Morgan fingerprint density at radius 1 is 1.16 bits per heavy atom. The third-order valence-corrected chi connectivity index (χ3v) is 4.02. The van der Waals surface area contributed by atoms with Crippen LogP contribution in [0.1, 0.15) is 31.2 Å². The average Bonchev–Trinajstić information content (AvgIpc) is 2.41. The summed E-state index contributed by atoms with van der Waals surface area (Å²) in [7, 11) is 3.43. The van der Waals surface area contributed by atoms with E-state index in [-0.39, 0.29) is 12.3 Å². The van der Waals surface area contributed by atoms with E-state index in [1.54, 1.807) is 14.2 Å². The minimum Gasteiger partial charge on any atom is -0.354 e. The lowest BCUT2D eigenvalue weighted by Gasteiger charge is -2.33. The molecule has 0 heterocycles. The molecule has 1 aliphatic carbocycles. The minimum atomic E-state index is -0.163. The zero-order valence-electron chi connectivity index (χ0n) is 12.0. The molecule has 1 N–H and O–H groups in total. The Hall–Kier alpha value is -0.900. The van der Waals surface area contributed by atoms with Crippen LogP contribution >= 0.6 is 0 Å². The van der Waals surface area contributed by atoms with Crippen LogP contribution in [0, 0.1) is 5.92 Å². The molecule has 1 saturated carbocycles. The largest absolute Gasteiger partial charge is 0.354 e. The molecule has 1 unspecified atom stereocenters. The van der Waals surface area contributed by atoms with Crippen molar-refractivity contribution in [2.75, 3.05) is 14.2 Å². The van der Waals surface area contributed by atoms with Crippen molar-refractivity contribution in [1.29, 1.82) is 0 Å². The lowest BCUT2D eigenvalue weighted by atomic mass is 9.80. The van der Waals surface area contributed by atoms with Gasteiger partial charge in [-0.3, -0.25) is 0 Å². The second-order valence-electron chi connectivity index (χ2n) is 5.35. The zero-order valence-corrected chi connectivity index (χ0v) is 12.0. The molecule has 1 fully saturated rings. The summed E-state index contributed by atoms with van der Waals surface area (Å²) >= 11 is 0. The highest BCUT2D eigenvalue weighted by molar-refractivity contribution is 5.14. The van der Waals surface area contributed by atoms with Gasteiger partial charge >= 0.3 is 0 Å². The zero-order chi connectivity index (χ0) is 13.5. The maximum Gasteiger partial charge on any atom is 0.172 e. The number of ether oxygens (including phenoxy) is 2. The van der Waals surface area contributed by atoms with Crippen molar-refractivity contribution in [3.05, 3.63) is 35.9 Å². The summed E-state index contributed by atoms with van der Waals surface area (Å²) in [6, 6.07) is 10.7.